The molecule has 0 aliphatic carbocycles. The lowest BCUT2D eigenvalue weighted by molar-refractivity contribution is -0.155. The van der Waals surface area contributed by atoms with E-state index in [2.05, 4.69) is 5.32 Å². The van der Waals surface area contributed by atoms with Crippen LogP contribution in [0.3, 0.4) is 0 Å². The van der Waals surface area contributed by atoms with Crippen molar-refractivity contribution in [3.8, 4) is 0 Å². The number of nitrogens with two attached hydrogens (primary N) is 1. The van der Waals surface area contributed by atoms with E-state index in [1.807, 2.05) is 24.3 Å². The molecule has 1 aliphatic rings. The first-order valence-electron chi connectivity index (χ1n) is 9.56. The number of fused-ring (bicyclic) bond motifs is 1. The molecule has 0 radical (unpaired) electrons. The van der Waals surface area contributed by atoms with Crippen LogP contribution in [0.15, 0.2) is 48.5 Å². The molecular formula is C22H24N4O4. The quantitative estimate of drug-likeness (QED) is 0.320. The molecule has 0 fully saturated rings. The topological polar surface area (TPSA) is 137 Å². The predicted molar refractivity (Wildman–Crippen MR) is 111 cm³/mol. The van der Waals surface area contributed by atoms with Crippen molar-refractivity contribution in [2.75, 3.05) is 7.05 Å². The van der Waals surface area contributed by atoms with Gasteiger partial charge in [0.2, 0.25) is 11.8 Å². The van der Waals surface area contributed by atoms with Crippen LogP contribution in [-0.4, -0.2) is 46.7 Å². The number of benzene rings is 2. The molecule has 1 unspecified atom stereocenters. The van der Waals surface area contributed by atoms with Crippen molar-refractivity contribution in [3.63, 3.8) is 0 Å². The SMILES string of the molecule is CNC(=O)[C@H](Cc1ccc(C(=N)N)cc1)C(=O)N1Cc2ccccc2CC1C(=O)O. The third kappa shape index (κ3) is 4.32. The van der Waals surface area contributed by atoms with E-state index in [-0.39, 0.29) is 25.2 Å². The maximum atomic E-state index is 13.4. The highest BCUT2D eigenvalue weighted by Crippen LogP contribution is 2.26. The van der Waals surface area contributed by atoms with Crippen LogP contribution in [-0.2, 0) is 33.8 Å². The number of aliphatic carboxylic acids is 1. The van der Waals surface area contributed by atoms with Crippen LogP contribution in [0.5, 0.6) is 0 Å². The van der Waals surface area contributed by atoms with E-state index in [1.165, 1.54) is 11.9 Å². The number of amides is 2. The van der Waals surface area contributed by atoms with Gasteiger partial charge < -0.3 is 21.1 Å². The smallest absolute Gasteiger partial charge is 0.326 e. The average molecular weight is 408 g/mol. The first-order chi connectivity index (χ1) is 14.3. The van der Waals surface area contributed by atoms with Gasteiger partial charge in [0.05, 0.1) is 0 Å². The van der Waals surface area contributed by atoms with Gasteiger partial charge in [0.25, 0.3) is 0 Å². The Labute approximate surface area is 174 Å². The number of amidine groups is 1. The Hall–Kier alpha value is -3.68. The summed E-state index contributed by atoms with van der Waals surface area (Å²) in [6, 6.07) is 13.1. The van der Waals surface area contributed by atoms with E-state index < -0.39 is 29.7 Å². The Bertz CT molecular complexity index is 987. The van der Waals surface area contributed by atoms with Gasteiger partial charge in [0, 0.05) is 25.6 Å². The predicted octanol–water partition coefficient (Wildman–Crippen LogP) is 0.913. The molecule has 8 heteroatoms. The van der Waals surface area contributed by atoms with Crippen LogP contribution in [0, 0.1) is 11.3 Å². The molecule has 5 N–H and O–H groups in total. The molecule has 1 heterocycles. The zero-order valence-electron chi connectivity index (χ0n) is 16.6. The molecule has 0 spiro atoms. The number of carboxylic acids is 1. The van der Waals surface area contributed by atoms with Crippen molar-refractivity contribution < 1.29 is 19.5 Å². The Balaban J connectivity index is 1.89. The van der Waals surface area contributed by atoms with Crippen molar-refractivity contribution in [2.45, 2.75) is 25.4 Å². The summed E-state index contributed by atoms with van der Waals surface area (Å²) < 4.78 is 0. The number of hydrogen-bond donors (Lipinski definition) is 4. The number of hydrogen-bond acceptors (Lipinski definition) is 4. The van der Waals surface area contributed by atoms with Crippen LogP contribution in [0.1, 0.15) is 22.3 Å². The van der Waals surface area contributed by atoms with Crippen LogP contribution in [0.2, 0.25) is 0 Å². The van der Waals surface area contributed by atoms with Crippen LogP contribution in [0.25, 0.3) is 0 Å². The van der Waals surface area contributed by atoms with Gasteiger partial charge >= 0.3 is 5.97 Å². The Morgan fingerprint density at radius 2 is 1.80 bits per heavy atom. The minimum absolute atomic E-state index is 0.0724. The maximum absolute atomic E-state index is 13.4. The third-order valence-electron chi connectivity index (χ3n) is 5.38. The zero-order valence-corrected chi connectivity index (χ0v) is 16.6. The van der Waals surface area contributed by atoms with E-state index in [9.17, 15) is 19.5 Å². The molecule has 0 bridgehead atoms. The van der Waals surface area contributed by atoms with Gasteiger partial charge in [-0.1, -0.05) is 48.5 Å². The molecule has 0 aromatic heterocycles. The summed E-state index contributed by atoms with van der Waals surface area (Å²) in [5.74, 6) is -3.23. The van der Waals surface area contributed by atoms with Crippen molar-refractivity contribution >= 4 is 23.6 Å². The van der Waals surface area contributed by atoms with Crippen molar-refractivity contribution in [2.24, 2.45) is 11.7 Å². The lowest BCUT2D eigenvalue weighted by Gasteiger charge is -2.36. The lowest BCUT2D eigenvalue weighted by atomic mass is 9.90. The van der Waals surface area contributed by atoms with Crippen LogP contribution in [0.4, 0.5) is 0 Å². The molecule has 156 valence electrons. The summed E-state index contributed by atoms with van der Waals surface area (Å²) in [5.41, 5.74) is 8.50. The molecule has 2 amide bonds. The van der Waals surface area contributed by atoms with Crippen LogP contribution < -0.4 is 11.1 Å². The van der Waals surface area contributed by atoms with Gasteiger partial charge in [-0.3, -0.25) is 15.0 Å². The van der Waals surface area contributed by atoms with E-state index in [0.29, 0.717) is 11.1 Å². The van der Waals surface area contributed by atoms with Crippen molar-refractivity contribution in [1.82, 2.24) is 10.2 Å². The molecule has 2 aromatic rings. The number of nitrogens with zero attached hydrogens (tertiary/aromatic N) is 1. The first-order valence-corrected chi connectivity index (χ1v) is 9.56. The Morgan fingerprint density at radius 1 is 1.17 bits per heavy atom. The molecule has 30 heavy (non-hydrogen) atoms. The summed E-state index contributed by atoms with van der Waals surface area (Å²) in [4.78, 5) is 39.0. The molecule has 0 saturated heterocycles. The van der Waals surface area contributed by atoms with Gasteiger partial charge in [-0.25, -0.2) is 4.79 Å². The van der Waals surface area contributed by atoms with Crippen molar-refractivity contribution in [3.05, 3.63) is 70.8 Å². The number of carboxylic acid groups (broad SMARTS) is 1. The monoisotopic (exact) mass is 408 g/mol. The highest BCUT2D eigenvalue weighted by molar-refractivity contribution is 6.02. The molecule has 8 nitrogen and oxygen atoms in total. The van der Waals surface area contributed by atoms with Gasteiger partial charge in [-0.05, 0) is 23.1 Å². The van der Waals surface area contributed by atoms with Crippen LogP contribution >= 0.6 is 0 Å². The van der Waals surface area contributed by atoms with Gasteiger partial charge in [0.1, 0.15) is 17.8 Å². The average Bonchev–Trinajstić information content (AvgIpc) is 2.75. The highest BCUT2D eigenvalue weighted by atomic mass is 16.4. The molecule has 3 rings (SSSR count). The van der Waals surface area contributed by atoms with Gasteiger partial charge in [-0.15, -0.1) is 0 Å². The third-order valence-corrected chi connectivity index (χ3v) is 5.38. The summed E-state index contributed by atoms with van der Waals surface area (Å²) >= 11 is 0. The second-order valence-corrected chi connectivity index (χ2v) is 7.27. The number of nitrogens with one attached hydrogen (secondary N) is 2. The highest BCUT2D eigenvalue weighted by Gasteiger charge is 2.39. The van der Waals surface area contributed by atoms with Gasteiger partial charge in [-0.2, -0.15) is 0 Å². The first kappa shape index (κ1) is 21.0. The molecule has 2 atom stereocenters. The fourth-order valence-corrected chi connectivity index (χ4v) is 3.70. The van der Waals surface area contributed by atoms with E-state index in [4.69, 9.17) is 11.1 Å². The molecule has 1 aliphatic heterocycles. The maximum Gasteiger partial charge on any atom is 0.326 e. The standard InChI is InChI=1S/C22H24N4O4/c1-25-20(27)17(10-13-6-8-14(9-7-13)19(23)24)21(28)26-12-16-5-3-2-4-15(16)11-18(26)22(29)30/h2-9,17-18H,10-12H2,1H3,(H3,23,24)(H,25,27)(H,29,30)/t17-,18?/m0/s1. The lowest BCUT2D eigenvalue weighted by Crippen LogP contribution is -2.53. The normalized spacial score (nSPS) is 16.3. The fourth-order valence-electron chi connectivity index (χ4n) is 3.70. The van der Waals surface area contributed by atoms with E-state index >= 15 is 0 Å². The number of rotatable bonds is 6. The summed E-state index contributed by atoms with van der Waals surface area (Å²) in [7, 11) is 1.45. The van der Waals surface area contributed by atoms with E-state index in [1.54, 1.807) is 24.3 Å². The summed E-state index contributed by atoms with van der Waals surface area (Å²) in [6.07, 6.45) is 0.312. The summed E-state index contributed by atoms with van der Waals surface area (Å²) in [5, 5.41) is 19.7. The molecular weight excluding hydrogens is 384 g/mol. The number of carbonyl (C=O) groups excluding carboxylic acids is 2. The Kier molecular flexibility index (Phi) is 6.15. The Morgan fingerprint density at radius 3 is 2.37 bits per heavy atom. The van der Waals surface area contributed by atoms with E-state index in [0.717, 1.165) is 11.1 Å². The number of nitrogen functional groups attached to an aromatic ring is 1. The summed E-state index contributed by atoms with van der Waals surface area (Å²) in [6.45, 7) is 0.142. The van der Waals surface area contributed by atoms with Crippen molar-refractivity contribution in [1.29, 1.82) is 5.41 Å². The largest absolute Gasteiger partial charge is 0.480 e. The fraction of sp³-hybridized carbons (Fsp3) is 0.273. The minimum atomic E-state index is -1.10. The minimum Gasteiger partial charge on any atom is -0.480 e. The number of carbonyl (C=O) groups is 3. The second-order valence-electron chi connectivity index (χ2n) is 7.27. The molecule has 2 aromatic carbocycles. The zero-order chi connectivity index (χ0) is 21.8. The van der Waals surface area contributed by atoms with Gasteiger partial charge in [0.15, 0.2) is 0 Å². The molecule has 0 saturated carbocycles. The second kappa shape index (κ2) is 8.77.